The van der Waals surface area contributed by atoms with Crippen LogP contribution in [0.25, 0.3) is 0 Å². The van der Waals surface area contributed by atoms with Crippen molar-refractivity contribution in [3.8, 4) is 0 Å². The van der Waals surface area contributed by atoms with E-state index < -0.39 is 17.7 Å². The Morgan fingerprint density at radius 2 is 1.73 bits per heavy atom. The highest BCUT2D eigenvalue weighted by molar-refractivity contribution is 6.39. The lowest BCUT2D eigenvalue weighted by Crippen LogP contribution is -2.51. The maximum atomic E-state index is 12.1. The van der Waals surface area contributed by atoms with E-state index in [0.29, 0.717) is 32.6 Å². The number of hydrogen-bond acceptors (Lipinski definition) is 4. The van der Waals surface area contributed by atoms with Gasteiger partial charge in [-0.1, -0.05) is 12.1 Å². The van der Waals surface area contributed by atoms with Crippen LogP contribution in [0.15, 0.2) is 24.3 Å². The molecule has 0 unspecified atom stereocenters. The van der Waals surface area contributed by atoms with E-state index in [2.05, 4.69) is 5.32 Å². The number of hydrogen-bond donors (Lipinski definition) is 2. The molecule has 0 atom stereocenters. The maximum Gasteiger partial charge on any atom is 0.313 e. The number of primary amides is 1. The molecule has 22 heavy (non-hydrogen) atoms. The van der Waals surface area contributed by atoms with Crippen molar-refractivity contribution in [2.24, 2.45) is 5.73 Å². The van der Waals surface area contributed by atoms with Gasteiger partial charge in [0.05, 0.1) is 11.3 Å². The zero-order valence-corrected chi connectivity index (χ0v) is 11.8. The highest BCUT2D eigenvalue weighted by Crippen LogP contribution is 2.14. The lowest BCUT2D eigenvalue weighted by Gasteiger charge is -2.32. The number of piperazine rings is 1. The quantitative estimate of drug-likeness (QED) is 0.552. The van der Waals surface area contributed by atoms with Gasteiger partial charge in [-0.2, -0.15) is 0 Å². The first-order valence-electron chi connectivity index (χ1n) is 6.71. The number of nitrogens with two attached hydrogens (primary N) is 1. The molecule has 1 aliphatic heterocycles. The summed E-state index contributed by atoms with van der Waals surface area (Å²) in [7, 11) is 0. The molecule has 1 aromatic rings. The summed E-state index contributed by atoms with van der Waals surface area (Å²) in [5.74, 6) is -2.24. The second-order valence-corrected chi connectivity index (χ2v) is 4.80. The van der Waals surface area contributed by atoms with Gasteiger partial charge in [-0.05, 0) is 12.1 Å². The van der Waals surface area contributed by atoms with E-state index in [1.165, 1.54) is 21.9 Å². The summed E-state index contributed by atoms with van der Waals surface area (Å²) < 4.78 is 0. The fraction of sp³-hybridized carbons (Fsp3) is 0.286. The molecule has 4 amide bonds. The van der Waals surface area contributed by atoms with Crippen LogP contribution in [0.2, 0.25) is 0 Å². The van der Waals surface area contributed by atoms with Gasteiger partial charge in [-0.25, -0.2) is 0 Å². The summed E-state index contributed by atoms with van der Waals surface area (Å²) in [6, 6.07) is 6.19. The Hall–Kier alpha value is -2.90. The third-order valence-corrected chi connectivity index (χ3v) is 3.39. The van der Waals surface area contributed by atoms with Crippen molar-refractivity contribution in [1.29, 1.82) is 0 Å². The minimum Gasteiger partial charge on any atom is -0.366 e. The second kappa shape index (κ2) is 6.70. The van der Waals surface area contributed by atoms with Crippen molar-refractivity contribution in [2.45, 2.75) is 0 Å². The van der Waals surface area contributed by atoms with Crippen molar-refractivity contribution >= 4 is 29.8 Å². The van der Waals surface area contributed by atoms with Crippen LogP contribution in [-0.4, -0.2) is 60.1 Å². The second-order valence-electron chi connectivity index (χ2n) is 4.80. The summed E-state index contributed by atoms with van der Waals surface area (Å²) >= 11 is 0. The van der Waals surface area contributed by atoms with Crippen LogP contribution in [0.3, 0.4) is 0 Å². The first-order valence-corrected chi connectivity index (χ1v) is 6.71. The van der Waals surface area contributed by atoms with Gasteiger partial charge in [0.15, 0.2) is 0 Å². The summed E-state index contributed by atoms with van der Waals surface area (Å²) in [4.78, 5) is 48.9. The zero-order valence-electron chi connectivity index (χ0n) is 11.8. The predicted molar refractivity (Wildman–Crippen MR) is 77.8 cm³/mol. The lowest BCUT2D eigenvalue weighted by atomic mass is 10.1. The molecule has 0 bridgehead atoms. The van der Waals surface area contributed by atoms with E-state index in [4.69, 9.17) is 5.73 Å². The van der Waals surface area contributed by atoms with E-state index >= 15 is 0 Å². The molecule has 0 spiro atoms. The molecule has 0 radical (unpaired) electrons. The number of rotatable bonds is 3. The first-order chi connectivity index (χ1) is 10.5. The molecule has 3 N–H and O–H groups in total. The number of benzene rings is 1. The smallest absolute Gasteiger partial charge is 0.313 e. The Bertz CT molecular complexity index is 609. The van der Waals surface area contributed by atoms with Gasteiger partial charge in [-0.3, -0.25) is 19.2 Å². The van der Waals surface area contributed by atoms with Gasteiger partial charge < -0.3 is 20.9 Å². The molecule has 0 aliphatic carbocycles. The fourth-order valence-electron chi connectivity index (χ4n) is 2.16. The number of nitrogens with zero attached hydrogens (tertiary/aromatic N) is 2. The minimum absolute atomic E-state index is 0.134. The standard InChI is InChI=1S/C14H16N4O4/c15-12(20)10-3-1-2-4-11(10)16-13(21)14(22)18-7-5-17(9-19)6-8-18/h1-4,9H,5-8H2,(H2,15,20)(H,16,21). The Morgan fingerprint density at radius 3 is 2.32 bits per heavy atom. The number of anilines is 1. The van der Waals surface area contributed by atoms with Crippen LogP contribution in [-0.2, 0) is 14.4 Å². The van der Waals surface area contributed by atoms with Crippen molar-refractivity contribution in [2.75, 3.05) is 31.5 Å². The monoisotopic (exact) mass is 304 g/mol. The summed E-state index contributed by atoms with van der Waals surface area (Å²) in [5.41, 5.74) is 5.54. The molecule has 2 rings (SSSR count). The average Bonchev–Trinajstić information content (AvgIpc) is 2.54. The number of nitrogens with one attached hydrogen (secondary N) is 1. The van der Waals surface area contributed by atoms with Crippen LogP contribution in [0.1, 0.15) is 10.4 Å². The normalized spacial score (nSPS) is 14.4. The first kappa shape index (κ1) is 15.5. The van der Waals surface area contributed by atoms with Crippen LogP contribution >= 0.6 is 0 Å². The van der Waals surface area contributed by atoms with Crippen LogP contribution < -0.4 is 11.1 Å². The van der Waals surface area contributed by atoms with Crippen molar-refractivity contribution in [3.05, 3.63) is 29.8 Å². The fourth-order valence-corrected chi connectivity index (χ4v) is 2.16. The highest BCUT2D eigenvalue weighted by Gasteiger charge is 2.26. The molecule has 1 saturated heterocycles. The molecule has 1 aromatic carbocycles. The maximum absolute atomic E-state index is 12.1. The van der Waals surface area contributed by atoms with E-state index in [1.807, 2.05) is 0 Å². The minimum atomic E-state index is -0.840. The number of carbonyl (C=O) groups is 4. The van der Waals surface area contributed by atoms with E-state index in [1.54, 1.807) is 12.1 Å². The van der Waals surface area contributed by atoms with Crippen molar-refractivity contribution < 1.29 is 19.2 Å². The molecule has 0 saturated carbocycles. The number of amides is 4. The average molecular weight is 304 g/mol. The molecular weight excluding hydrogens is 288 g/mol. The third kappa shape index (κ3) is 3.40. The Morgan fingerprint density at radius 1 is 1.09 bits per heavy atom. The largest absolute Gasteiger partial charge is 0.366 e. The Labute approximate surface area is 126 Å². The molecular formula is C14H16N4O4. The molecule has 1 heterocycles. The van der Waals surface area contributed by atoms with E-state index in [0.717, 1.165) is 0 Å². The highest BCUT2D eigenvalue weighted by atomic mass is 16.2. The van der Waals surface area contributed by atoms with Crippen LogP contribution in [0.5, 0.6) is 0 Å². The molecule has 8 nitrogen and oxygen atoms in total. The molecule has 116 valence electrons. The third-order valence-electron chi connectivity index (χ3n) is 3.39. The van der Waals surface area contributed by atoms with E-state index in [-0.39, 0.29) is 11.3 Å². The van der Waals surface area contributed by atoms with Crippen molar-refractivity contribution in [1.82, 2.24) is 9.80 Å². The summed E-state index contributed by atoms with van der Waals surface area (Å²) in [6.07, 6.45) is 0.713. The molecule has 0 aromatic heterocycles. The topological polar surface area (TPSA) is 113 Å². The molecule has 1 aliphatic rings. The molecule has 1 fully saturated rings. The molecule has 8 heteroatoms. The Kier molecular flexibility index (Phi) is 4.72. The van der Waals surface area contributed by atoms with Crippen molar-refractivity contribution in [3.63, 3.8) is 0 Å². The van der Waals surface area contributed by atoms with Gasteiger partial charge in [0.1, 0.15) is 0 Å². The lowest BCUT2D eigenvalue weighted by molar-refractivity contribution is -0.144. The van der Waals surface area contributed by atoms with Crippen LogP contribution in [0.4, 0.5) is 5.69 Å². The summed E-state index contributed by atoms with van der Waals surface area (Å²) in [5, 5.41) is 2.40. The van der Waals surface area contributed by atoms with Gasteiger partial charge in [0.25, 0.3) is 5.91 Å². The number of carbonyl (C=O) groups excluding carboxylic acids is 4. The van der Waals surface area contributed by atoms with Gasteiger partial charge in [0.2, 0.25) is 6.41 Å². The summed E-state index contributed by atoms with van der Waals surface area (Å²) in [6.45, 7) is 1.37. The SMILES string of the molecule is NC(=O)c1ccccc1NC(=O)C(=O)N1CCN(C=O)CC1. The van der Waals surface area contributed by atoms with Crippen LogP contribution in [0, 0.1) is 0 Å². The van der Waals surface area contributed by atoms with E-state index in [9.17, 15) is 19.2 Å². The Balaban J connectivity index is 2.02. The van der Waals surface area contributed by atoms with Gasteiger partial charge in [0, 0.05) is 26.2 Å². The van der Waals surface area contributed by atoms with Gasteiger partial charge in [-0.15, -0.1) is 0 Å². The van der Waals surface area contributed by atoms with Gasteiger partial charge >= 0.3 is 11.8 Å². The predicted octanol–water partition coefficient (Wildman–Crippen LogP) is -0.975. The zero-order chi connectivity index (χ0) is 16.1. The number of para-hydroxylation sites is 1.